The van der Waals surface area contributed by atoms with Gasteiger partial charge in [-0.25, -0.2) is 13.6 Å². The molecule has 0 saturated heterocycles. The zero-order chi connectivity index (χ0) is 15.8. The summed E-state index contributed by atoms with van der Waals surface area (Å²) in [4.78, 5) is 14.5. The quantitative estimate of drug-likeness (QED) is 0.902. The number of hydrogen-bond acceptors (Lipinski definition) is 3. The number of sulfonamides is 1. The second-order valence-electron chi connectivity index (χ2n) is 6.07. The molecule has 0 heterocycles. The van der Waals surface area contributed by atoms with Gasteiger partial charge in [-0.05, 0) is 63.3 Å². The van der Waals surface area contributed by atoms with Gasteiger partial charge in [-0.2, -0.15) is 0 Å². The van der Waals surface area contributed by atoms with Crippen LogP contribution in [0.3, 0.4) is 0 Å². The Labute approximate surface area is 126 Å². The Morgan fingerprint density at radius 2 is 1.95 bits per heavy atom. The van der Waals surface area contributed by atoms with Gasteiger partial charge in [0.2, 0.25) is 10.0 Å². The molecule has 6 heteroatoms. The molecule has 0 atom stereocenters. The first-order valence-electron chi connectivity index (χ1n) is 7.14. The van der Waals surface area contributed by atoms with E-state index in [1.54, 1.807) is 17.9 Å². The number of nitrogens with zero attached hydrogens (tertiary/aromatic N) is 1. The van der Waals surface area contributed by atoms with E-state index >= 15 is 0 Å². The van der Waals surface area contributed by atoms with Crippen LogP contribution >= 0.6 is 0 Å². The van der Waals surface area contributed by atoms with Crippen molar-refractivity contribution in [2.45, 2.75) is 44.6 Å². The molecule has 1 aliphatic rings. The van der Waals surface area contributed by atoms with Crippen molar-refractivity contribution in [3.05, 3.63) is 29.3 Å². The molecule has 1 aliphatic carbocycles. The Morgan fingerprint density at radius 1 is 1.33 bits per heavy atom. The molecule has 1 aromatic rings. The SMILES string of the molecule is Cc1cc(C(=O)N(CC2CC2)C(C)C)cc(S(N)(=O)=O)c1. The molecule has 0 aromatic heterocycles. The Hall–Kier alpha value is -1.40. The monoisotopic (exact) mass is 310 g/mol. The lowest BCUT2D eigenvalue weighted by Crippen LogP contribution is -2.38. The van der Waals surface area contributed by atoms with E-state index in [0.717, 1.165) is 19.4 Å². The summed E-state index contributed by atoms with van der Waals surface area (Å²) in [5.74, 6) is 0.448. The van der Waals surface area contributed by atoms with Gasteiger partial charge in [-0.3, -0.25) is 4.79 Å². The fourth-order valence-electron chi connectivity index (χ4n) is 2.31. The number of carbonyl (C=O) groups excluding carboxylic acids is 1. The largest absolute Gasteiger partial charge is 0.336 e. The minimum absolute atomic E-state index is 0.0130. The van der Waals surface area contributed by atoms with Crippen LogP contribution in [0.25, 0.3) is 0 Å². The maximum Gasteiger partial charge on any atom is 0.254 e. The average Bonchev–Trinajstić information content (AvgIpc) is 3.17. The molecule has 2 rings (SSSR count). The zero-order valence-electron chi connectivity index (χ0n) is 12.7. The van der Waals surface area contributed by atoms with Crippen LogP contribution in [-0.2, 0) is 10.0 Å². The minimum atomic E-state index is -3.81. The highest BCUT2D eigenvalue weighted by Crippen LogP contribution is 2.31. The first kappa shape index (κ1) is 16.0. The Bertz CT molecular complexity index is 649. The topological polar surface area (TPSA) is 80.5 Å². The second-order valence-corrected chi connectivity index (χ2v) is 7.64. The molecule has 21 heavy (non-hydrogen) atoms. The van der Waals surface area contributed by atoms with Gasteiger partial charge in [0.25, 0.3) is 5.91 Å². The third-order valence-corrected chi connectivity index (χ3v) is 4.56. The molecule has 1 fully saturated rings. The molecule has 1 saturated carbocycles. The Morgan fingerprint density at radius 3 is 2.43 bits per heavy atom. The highest BCUT2D eigenvalue weighted by Gasteiger charge is 2.29. The zero-order valence-corrected chi connectivity index (χ0v) is 13.5. The van der Waals surface area contributed by atoms with Crippen molar-refractivity contribution in [2.75, 3.05) is 6.54 Å². The van der Waals surface area contributed by atoms with Gasteiger partial charge in [-0.15, -0.1) is 0 Å². The van der Waals surface area contributed by atoms with Crippen molar-refractivity contribution in [1.29, 1.82) is 0 Å². The third kappa shape index (κ3) is 4.04. The van der Waals surface area contributed by atoms with Gasteiger partial charge in [0, 0.05) is 18.2 Å². The minimum Gasteiger partial charge on any atom is -0.336 e. The van der Waals surface area contributed by atoms with Gasteiger partial charge in [0.1, 0.15) is 0 Å². The molecule has 5 nitrogen and oxygen atoms in total. The molecule has 116 valence electrons. The van der Waals surface area contributed by atoms with Crippen molar-refractivity contribution in [2.24, 2.45) is 11.1 Å². The van der Waals surface area contributed by atoms with E-state index in [1.165, 1.54) is 12.1 Å². The van der Waals surface area contributed by atoms with Crippen molar-refractivity contribution in [1.82, 2.24) is 4.90 Å². The van der Waals surface area contributed by atoms with E-state index < -0.39 is 10.0 Å². The summed E-state index contributed by atoms with van der Waals surface area (Å²) in [5, 5.41) is 5.17. The number of benzene rings is 1. The van der Waals surface area contributed by atoms with Gasteiger partial charge in [-0.1, -0.05) is 0 Å². The van der Waals surface area contributed by atoms with Crippen LogP contribution in [0.5, 0.6) is 0 Å². The maximum absolute atomic E-state index is 12.7. The van der Waals surface area contributed by atoms with E-state index in [1.807, 2.05) is 13.8 Å². The summed E-state index contributed by atoms with van der Waals surface area (Å²) in [5.41, 5.74) is 1.09. The van der Waals surface area contributed by atoms with Crippen LogP contribution < -0.4 is 5.14 Å². The molecule has 1 aromatic carbocycles. The van der Waals surface area contributed by atoms with Crippen LogP contribution in [0.4, 0.5) is 0 Å². The molecular weight excluding hydrogens is 288 g/mol. The van der Waals surface area contributed by atoms with Crippen molar-refractivity contribution in [3.8, 4) is 0 Å². The summed E-state index contributed by atoms with van der Waals surface area (Å²) in [6.07, 6.45) is 2.32. The molecule has 0 bridgehead atoms. The Balaban J connectivity index is 2.34. The number of primary sulfonamides is 1. The van der Waals surface area contributed by atoms with Crippen LogP contribution in [-0.4, -0.2) is 31.8 Å². The summed E-state index contributed by atoms with van der Waals surface area (Å²) >= 11 is 0. The highest BCUT2D eigenvalue weighted by atomic mass is 32.2. The van der Waals surface area contributed by atoms with E-state index in [4.69, 9.17) is 5.14 Å². The second kappa shape index (κ2) is 5.77. The average molecular weight is 310 g/mol. The van der Waals surface area contributed by atoms with Gasteiger partial charge in [0.05, 0.1) is 4.90 Å². The smallest absolute Gasteiger partial charge is 0.254 e. The molecular formula is C15H22N2O3S. The summed E-state index contributed by atoms with van der Waals surface area (Å²) in [6.45, 7) is 6.43. The molecule has 2 N–H and O–H groups in total. The van der Waals surface area contributed by atoms with Crippen LogP contribution in [0.1, 0.15) is 42.6 Å². The van der Waals surface area contributed by atoms with E-state index in [2.05, 4.69) is 0 Å². The molecule has 0 unspecified atom stereocenters. The third-order valence-electron chi connectivity index (χ3n) is 3.66. The number of nitrogens with two attached hydrogens (primary N) is 1. The van der Waals surface area contributed by atoms with E-state index in [-0.39, 0.29) is 16.8 Å². The fourth-order valence-corrected chi connectivity index (χ4v) is 2.95. The predicted octanol–water partition coefficient (Wildman–Crippen LogP) is 1.90. The first-order valence-corrected chi connectivity index (χ1v) is 8.68. The summed E-state index contributed by atoms with van der Waals surface area (Å²) < 4.78 is 23.0. The normalized spacial score (nSPS) is 15.3. The lowest BCUT2D eigenvalue weighted by Gasteiger charge is -2.27. The van der Waals surface area contributed by atoms with Gasteiger partial charge < -0.3 is 4.90 Å². The standard InChI is InChI=1S/C15H22N2O3S/c1-10(2)17(9-12-4-5-12)15(18)13-6-11(3)7-14(8-13)21(16,19)20/h6-8,10,12H,4-5,9H2,1-3H3,(H2,16,19,20). The summed E-state index contributed by atoms with van der Waals surface area (Å²) in [6, 6.07) is 4.63. The fraction of sp³-hybridized carbons (Fsp3) is 0.533. The molecule has 0 aliphatic heterocycles. The lowest BCUT2D eigenvalue weighted by molar-refractivity contribution is 0.0696. The van der Waals surface area contributed by atoms with Crippen molar-refractivity contribution in [3.63, 3.8) is 0 Å². The van der Waals surface area contributed by atoms with Gasteiger partial charge >= 0.3 is 0 Å². The predicted molar refractivity (Wildman–Crippen MR) is 81.4 cm³/mol. The van der Waals surface area contributed by atoms with Gasteiger partial charge in [0.15, 0.2) is 0 Å². The van der Waals surface area contributed by atoms with Crippen molar-refractivity contribution >= 4 is 15.9 Å². The number of amides is 1. The Kier molecular flexibility index (Phi) is 4.39. The van der Waals surface area contributed by atoms with Crippen LogP contribution in [0.15, 0.2) is 23.1 Å². The number of aryl methyl sites for hydroxylation is 1. The van der Waals surface area contributed by atoms with E-state index in [0.29, 0.717) is 17.0 Å². The van der Waals surface area contributed by atoms with Crippen molar-refractivity contribution < 1.29 is 13.2 Å². The molecule has 0 radical (unpaired) electrons. The first-order chi connectivity index (χ1) is 9.68. The molecule has 0 spiro atoms. The van der Waals surface area contributed by atoms with E-state index in [9.17, 15) is 13.2 Å². The van der Waals surface area contributed by atoms with Crippen LogP contribution in [0.2, 0.25) is 0 Å². The number of carbonyl (C=O) groups is 1. The maximum atomic E-state index is 12.7. The summed E-state index contributed by atoms with van der Waals surface area (Å²) in [7, 11) is -3.81. The van der Waals surface area contributed by atoms with Crippen LogP contribution in [0, 0.1) is 12.8 Å². The molecule has 1 amide bonds. The number of rotatable bonds is 5. The highest BCUT2D eigenvalue weighted by molar-refractivity contribution is 7.89. The number of hydrogen-bond donors (Lipinski definition) is 1. The lowest BCUT2D eigenvalue weighted by atomic mass is 10.1.